The van der Waals surface area contributed by atoms with Crippen molar-refractivity contribution in [1.82, 2.24) is 14.6 Å². The van der Waals surface area contributed by atoms with Crippen LogP contribution in [0.3, 0.4) is 0 Å². The molecular formula is C17H12BrFN4OS2. The average Bonchev–Trinajstić information content (AvgIpc) is 3.17. The van der Waals surface area contributed by atoms with E-state index in [2.05, 4.69) is 31.4 Å². The molecule has 0 spiro atoms. The fraction of sp³-hybridized carbons (Fsp3) is 0.118. The molecule has 1 N–H and O–H groups in total. The zero-order valence-corrected chi connectivity index (χ0v) is 16.7. The summed E-state index contributed by atoms with van der Waals surface area (Å²) in [5.41, 5.74) is 1.16. The Morgan fingerprint density at radius 2 is 2.12 bits per heavy atom. The molecule has 5 nitrogen and oxygen atoms in total. The molecule has 0 bridgehead atoms. The van der Waals surface area contributed by atoms with Gasteiger partial charge in [-0.05, 0) is 37.3 Å². The molecule has 1 amide bonds. The molecule has 0 fully saturated rings. The Morgan fingerprint density at radius 1 is 1.31 bits per heavy atom. The molecule has 0 saturated heterocycles. The number of carbonyl (C=O) groups excluding carboxylic acids is 1. The van der Waals surface area contributed by atoms with Crippen LogP contribution in [0.1, 0.15) is 6.92 Å². The molecule has 0 aliphatic heterocycles. The van der Waals surface area contributed by atoms with Gasteiger partial charge in [-0.15, -0.1) is 10.2 Å². The summed E-state index contributed by atoms with van der Waals surface area (Å²) in [5, 5.41) is 11.2. The second kappa shape index (κ2) is 6.98. The first-order valence-electron chi connectivity index (χ1n) is 7.68. The van der Waals surface area contributed by atoms with Crippen LogP contribution < -0.4 is 5.32 Å². The highest BCUT2D eigenvalue weighted by molar-refractivity contribution is 9.10. The van der Waals surface area contributed by atoms with Crippen molar-refractivity contribution in [2.75, 3.05) is 5.32 Å². The SMILES string of the molecule is CC(Sc1nnc2sc3ccccc3n12)C(=O)Nc1ccc(Br)cc1F. The van der Waals surface area contributed by atoms with E-state index in [9.17, 15) is 9.18 Å². The van der Waals surface area contributed by atoms with Gasteiger partial charge >= 0.3 is 0 Å². The van der Waals surface area contributed by atoms with Crippen molar-refractivity contribution < 1.29 is 9.18 Å². The summed E-state index contributed by atoms with van der Waals surface area (Å²) in [4.78, 5) is 13.2. The number of halogens is 2. The molecule has 26 heavy (non-hydrogen) atoms. The molecule has 132 valence electrons. The van der Waals surface area contributed by atoms with Gasteiger partial charge in [0.2, 0.25) is 10.9 Å². The molecule has 0 saturated carbocycles. The summed E-state index contributed by atoms with van der Waals surface area (Å²) in [6, 6.07) is 12.5. The second-order valence-electron chi connectivity index (χ2n) is 5.54. The number of thiazole rings is 1. The van der Waals surface area contributed by atoms with Crippen LogP contribution in [0.15, 0.2) is 52.1 Å². The third kappa shape index (κ3) is 3.22. The van der Waals surface area contributed by atoms with E-state index < -0.39 is 11.1 Å². The molecule has 4 aromatic rings. The Bertz CT molecular complexity index is 1130. The lowest BCUT2D eigenvalue weighted by molar-refractivity contribution is -0.115. The van der Waals surface area contributed by atoms with Gasteiger partial charge in [-0.2, -0.15) is 0 Å². The maximum absolute atomic E-state index is 13.9. The minimum absolute atomic E-state index is 0.151. The molecular weight excluding hydrogens is 439 g/mol. The highest BCUT2D eigenvalue weighted by Crippen LogP contribution is 2.31. The number of rotatable bonds is 4. The molecule has 1 unspecified atom stereocenters. The van der Waals surface area contributed by atoms with Crippen LogP contribution in [0.4, 0.5) is 10.1 Å². The van der Waals surface area contributed by atoms with E-state index in [0.717, 1.165) is 15.2 Å². The van der Waals surface area contributed by atoms with Crippen LogP contribution in [-0.4, -0.2) is 25.8 Å². The number of nitrogens with one attached hydrogen (secondary N) is 1. The largest absolute Gasteiger partial charge is 0.323 e. The van der Waals surface area contributed by atoms with E-state index in [1.165, 1.54) is 23.9 Å². The van der Waals surface area contributed by atoms with E-state index in [-0.39, 0.29) is 11.6 Å². The number of thioether (sulfide) groups is 1. The number of nitrogens with zero attached hydrogens (tertiary/aromatic N) is 3. The van der Waals surface area contributed by atoms with Crippen LogP contribution in [0.2, 0.25) is 0 Å². The smallest absolute Gasteiger partial charge is 0.237 e. The van der Waals surface area contributed by atoms with Gasteiger partial charge in [0, 0.05) is 4.47 Å². The number of fused-ring (bicyclic) bond motifs is 3. The second-order valence-corrected chi connectivity index (χ2v) is 8.78. The minimum atomic E-state index is -0.487. The lowest BCUT2D eigenvalue weighted by Gasteiger charge is -2.11. The van der Waals surface area contributed by atoms with Crippen LogP contribution in [0.5, 0.6) is 0 Å². The molecule has 2 heterocycles. The molecule has 1 atom stereocenters. The quantitative estimate of drug-likeness (QED) is 0.446. The van der Waals surface area contributed by atoms with Gasteiger partial charge in [-0.25, -0.2) is 4.39 Å². The van der Waals surface area contributed by atoms with Gasteiger partial charge < -0.3 is 5.32 Å². The monoisotopic (exact) mass is 450 g/mol. The third-order valence-corrected chi connectivity index (χ3v) is 6.30. The van der Waals surface area contributed by atoms with Gasteiger partial charge in [0.15, 0.2) is 5.16 Å². The normalized spacial score (nSPS) is 12.6. The zero-order valence-electron chi connectivity index (χ0n) is 13.4. The van der Waals surface area contributed by atoms with Gasteiger partial charge in [-0.3, -0.25) is 9.20 Å². The highest BCUT2D eigenvalue weighted by Gasteiger charge is 2.21. The van der Waals surface area contributed by atoms with Gasteiger partial charge in [0.1, 0.15) is 5.82 Å². The van der Waals surface area contributed by atoms with E-state index in [0.29, 0.717) is 9.63 Å². The minimum Gasteiger partial charge on any atom is -0.323 e. The first-order chi connectivity index (χ1) is 12.5. The number of benzene rings is 2. The summed E-state index contributed by atoms with van der Waals surface area (Å²) in [6.07, 6.45) is 0. The van der Waals surface area contributed by atoms with Gasteiger partial charge in [-0.1, -0.05) is 51.2 Å². The summed E-state index contributed by atoms with van der Waals surface area (Å²) in [5.74, 6) is -0.786. The summed E-state index contributed by atoms with van der Waals surface area (Å²) >= 11 is 6.03. The topological polar surface area (TPSA) is 59.3 Å². The molecule has 2 aromatic carbocycles. The van der Waals surface area contributed by atoms with Crippen molar-refractivity contribution in [3.63, 3.8) is 0 Å². The van der Waals surface area contributed by atoms with Gasteiger partial charge in [0.05, 0.1) is 21.2 Å². The highest BCUT2D eigenvalue weighted by atomic mass is 79.9. The van der Waals surface area contributed by atoms with Crippen LogP contribution in [0, 0.1) is 5.82 Å². The lowest BCUT2D eigenvalue weighted by Crippen LogP contribution is -2.23. The zero-order chi connectivity index (χ0) is 18.3. The predicted molar refractivity (Wildman–Crippen MR) is 106 cm³/mol. The lowest BCUT2D eigenvalue weighted by atomic mass is 10.3. The summed E-state index contributed by atoms with van der Waals surface area (Å²) in [6.45, 7) is 1.76. The Morgan fingerprint density at radius 3 is 2.92 bits per heavy atom. The summed E-state index contributed by atoms with van der Waals surface area (Å²) in [7, 11) is 0. The number of anilines is 1. The Hall–Kier alpha value is -1.97. The van der Waals surface area contributed by atoms with Crippen molar-refractivity contribution >= 4 is 65.8 Å². The van der Waals surface area contributed by atoms with Crippen LogP contribution in [-0.2, 0) is 4.79 Å². The van der Waals surface area contributed by atoms with E-state index in [4.69, 9.17) is 0 Å². The number of hydrogen-bond donors (Lipinski definition) is 1. The number of aromatic nitrogens is 3. The Balaban J connectivity index is 1.57. The molecule has 0 aliphatic carbocycles. The molecule has 4 rings (SSSR count). The fourth-order valence-electron chi connectivity index (χ4n) is 2.47. The Kier molecular flexibility index (Phi) is 4.68. The van der Waals surface area contributed by atoms with Crippen molar-refractivity contribution in [1.29, 1.82) is 0 Å². The van der Waals surface area contributed by atoms with Gasteiger partial charge in [0.25, 0.3) is 0 Å². The first-order valence-corrected chi connectivity index (χ1v) is 10.2. The van der Waals surface area contributed by atoms with E-state index in [1.54, 1.807) is 24.3 Å². The van der Waals surface area contributed by atoms with Crippen molar-refractivity contribution in [3.05, 3.63) is 52.8 Å². The fourth-order valence-corrected chi connectivity index (χ4v) is 4.68. The van der Waals surface area contributed by atoms with Crippen molar-refractivity contribution in [2.24, 2.45) is 0 Å². The van der Waals surface area contributed by atoms with Crippen molar-refractivity contribution in [3.8, 4) is 0 Å². The van der Waals surface area contributed by atoms with E-state index in [1.807, 2.05) is 28.7 Å². The first kappa shape index (κ1) is 17.4. The number of amides is 1. The average molecular weight is 451 g/mol. The molecule has 9 heteroatoms. The van der Waals surface area contributed by atoms with Crippen molar-refractivity contribution in [2.45, 2.75) is 17.3 Å². The maximum atomic E-state index is 13.9. The third-order valence-electron chi connectivity index (χ3n) is 3.75. The number of carbonyl (C=O) groups is 1. The standard InChI is InChI=1S/C17H12BrFN4OS2/c1-9(15(24)20-12-7-6-10(18)8-11(12)19)25-16-21-22-17-23(16)13-4-2-3-5-14(13)26-17/h2-9H,1H3,(H,20,24). The number of para-hydroxylation sites is 1. The van der Waals surface area contributed by atoms with E-state index >= 15 is 0 Å². The number of hydrogen-bond acceptors (Lipinski definition) is 5. The predicted octanol–water partition coefficient (Wildman–Crippen LogP) is 4.96. The molecule has 2 aromatic heterocycles. The van der Waals surface area contributed by atoms with Crippen LogP contribution >= 0.6 is 39.0 Å². The molecule has 0 aliphatic rings. The molecule has 0 radical (unpaired) electrons. The van der Waals surface area contributed by atoms with Crippen LogP contribution in [0.25, 0.3) is 15.2 Å². The Labute approximate surface area is 164 Å². The maximum Gasteiger partial charge on any atom is 0.237 e. The summed E-state index contributed by atoms with van der Waals surface area (Å²) < 4.78 is 17.6.